The molecule has 0 spiro atoms. The minimum Gasteiger partial charge on any atom is -0.468 e. The molecule has 25 heavy (non-hydrogen) atoms. The zero-order valence-corrected chi connectivity index (χ0v) is 14.9. The number of nitrogens with two attached hydrogens (primary N) is 3. The van der Waals surface area contributed by atoms with Crippen molar-refractivity contribution in [2.24, 2.45) is 17.2 Å². The van der Waals surface area contributed by atoms with E-state index in [0.29, 0.717) is 21.2 Å². The second-order valence-electron chi connectivity index (χ2n) is 4.84. The van der Waals surface area contributed by atoms with Crippen LogP contribution in [0.25, 0.3) is 0 Å². The number of amides is 1. The molecular formula is C17H19Cl2N3O3. The van der Waals surface area contributed by atoms with E-state index in [-0.39, 0.29) is 0 Å². The molecule has 2 aromatic carbocycles. The van der Waals surface area contributed by atoms with Crippen LogP contribution < -0.4 is 17.2 Å². The Balaban J connectivity index is 0.000000263. The molecular weight excluding hydrogens is 365 g/mol. The average Bonchev–Trinajstić information content (AvgIpc) is 2.61. The topological polar surface area (TPSA) is 121 Å². The Morgan fingerprint density at radius 3 is 1.72 bits per heavy atom. The molecule has 1 amide bonds. The van der Waals surface area contributed by atoms with Crippen LogP contribution in [0, 0.1) is 0 Å². The molecule has 2 unspecified atom stereocenters. The summed E-state index contributed by atoms with van der Waals surface area (Å²) in [6, 6.07) is 10.2. The Morgan fingerprint density at radius 1 is 0.960 bits per heavy atom. The number of carbonyl (C=O) groups excluding carboxylic acids is 2. The lowest BCUT2D eigenvalue weighted by Crippen LogP contribution is -2.28. The van der Waals surface area contributed by atoms with Crippen LogP contribution in [0.2, 0.25) is 10.0 Å². The zero-order valence-electron chi connectivity index (χ0n) is 14.4. The van der Waals surface area contributed by atoms with Crippen LogP contribution in [0.15, 0.2) is 48.5 Å². The van der Waals surface area contributed by atoms with Gasteiger partial charge in [-0.15, -0.1) is 0 Å². The summed E-state index contributed by atoms with van der Waals surface area (Å²) < 4.78 is 12.0. The number of esters is 1. The van der Waals surface area contributed by atoms with Gasteiger partial charge in [0.15, 0.2) is 0 Å². The summed E-state index contributed by atoms with van der Waals surface area (Å²) in [5.41, 5.74) is 17.0. The van der Waals surface area contributed by atoms with Crippen molar-refractivity contribution in [1.29, 1.82) is 0 Å². The molecule has 0 aliphatic rings. The van der Waals surface area contributed by atoms with E-state index in [9.17, 15) is 9.59 Å². The van der Waals surface area contributed by atoms with E-state index in [1.807, 2.05) is 0 Å². The Labute approximate surface area is 157 Å². The summed E-state index contributed by atoms with van der Waals surface area (Å²) in [5.74, 6) is -1.35. The van der Waals surface area contributed by atoms with E-state index in [2.05, 4.69) is 4.74 Å². The number of rotatable bonds is 4. The predicted molar refractivity (Wildman–Crippen MR) is 98.0 cm³/mol. The number of primary amides is 1. The van der Waals surface area contributed by atoms with Crippen molar-refractivity contribution in [3.05, 3.63) is 69.7 Å². The van der Waals surface area contributed by atoms with Crippen molar-refractivity contribution < 1.29 is 15.7 Å². The minimum absolute atomic E-state index is 0.341. The van der Waals surface area contributed by atoms with Gasteiger partial charge in [0.1, 0.15) is 12.1 Å². The summed E-state index contributed by atoms with van der Waals surface area (Å²) >= 11 is 11.3. The van der Waals surface area contributed by atoms with Gasteiger partial charge in [-0.25, -0.2) is 0 Å². The van der Waals surface area contributed by atoms with Crippen molar-refractivity contribution in [2.45, 2.75) is 12.1 Å². The number of halogens is 2. The first-order valence-corrected chi connectivity index (χ1v) is 7.79. The van der Waals surface area contributed by atoms with Crippen LogP contribution in [-0.4, -0.2) is 19.0 Å². The summed E-state index contributed by atoms with van der Waals surface area (Å²) in [6.07, 6.45) is 0. The first kappa shape index (κ1) is 19.2. The van der Waals surface area contributed by atoms with Crippen LogP contribution in [-0.2, 0) is 14.3 Å². The second kappa shape index (κ2) is 10.0. The lowest BCUT2D eigenvalue weighted by atomic mass is 10.1. The van der Waals surface area contributed by atoms with Crippen LogP contribution in [0.5, 0.6) is 0 Å². The molecule has 6 nitrogen and oxygen atoms in total. The van der Waals surface area contributed by atoms with Gasteiger partial charge in [0.2, 0.25) is 5.91 Å². The van der Waals surface area contributed by atoms with E-state index < -0.39 is 23.9 Å². The van der Waals surface area contributed by atoms with Crippen molar-refractivity contribution in [1.82, 2.24) is 0 Å². The molecule has 0 radical (unpaired) electrons. The van der Waals surface area contributed by atoms with Crippen LogP contribution in [0.3, 0.4) is 0 Å². The highest BCUT2D eigenvalue weighted by atomic mass is 35.5. The molecule has 6 N–H and O–H groups in total. The fourth-order valence-electron chi connectivity index (χ4n) is 1.69. The summed E-state index contributed by atoms with van der Waals surface area (Å²) in [5, 5.41) is 1.13. The number of benzene rings is 2. The van der Waals surface area contributed by atoms with Crippen LogP contribution in [0.1, 0.15) is 24.6 Å². The Kier molecular flexibility index (Phi) is 7.69. The maximum atomic E-state index is 11.2. The third kappa shape index (κ3) is 6.72. The monoisotopic (exact) mass is 384 g/mol. The molecule has 2 atom stereocenters. The third-order valence-electron chi connectivity index (χ3n) is 3.10. The smallest absolute Gasteiger partial charge is 0.327 e. The van der Waals surface area contributed by atoms with Gasteiger partial charge in [-0.05, 0) is 35.4 Å². The van der Waals surface area contributed by atoms with Gasteiger partial charge >= 0.3 is 5.97 Å². The Hall–Kier alpha value is -2.12. The first-order valence-electron chi connectivity index (χ1n) is 7.53. The SMILES string of the molecule is NC(=O)C(N)c1ccc(Cl)cc1.[2H]C(N)(C(=O)OC)c1ccc(Cl)cc1. The molecule has 0 heterocycles. The average molecular weight is 385 g/mol. The van der Waals surface area contributed by atoms with E-state index in [0.717, 1.165) is 0 Å². The summed E-state index contributed by atoms with van der Waals surface area (Å²) in [7, 11) is 1.19. The van der Waals surface area contributed by atoms with Gasteiger partial charge < -0.3 is 21.9 Å². The van der Waals surface area contributed by atoms with Gasteiger partial charge in [-0.1, -0.05) is 47.5 Å². The number of carbonyl (C=O) groups is 2. The van der Waals surface area contributed by atoms with Gasteiger partial charge in [0, 0.05) is 10.0 Å². The number of ether oxygens (including phenoxy) is 1. The van der Waals surface area contributed by atoms with E-state index >= 15 is 0 Å². The van der Waals surface area contributed by atoms with Crippen molar-refractivity contribution in [3.8, 4) is 0 Å². The van der Waals surface area contributed by atoms with Crippen molar-refractivity contribution >= 4 is 35.1 Å². The van der Waals surface area contributed by atoms with Gasteiger partial charge in [-0.3, -0.25) is 9.59 Å². The first-order chi connectivity index (χ1) is 12.1. The highest BCUT2D eigenvalue weighted by Gasteiger charge is 2.15. The molecule has 2 rings (SSSR count). The van der Waals surface area contributed by atoms with Gasteiger partial charge in [0.05, 0.1) is 8.48 Å². The van der Waals surface area contributed by atoms with Crippen LogP contribution >= 0.6 is 23.2 Å². The normalized spacial score (nSPS) is 14.2. The lowest BCUT2D eigenvalue weighted by molar-refractivity contribution is -0.142. The number of methoxy groups -OCH3 is 1. The standard InChI is InChI=1S/C9H10ClNO2.C8H9ClN2O/c1-13-9(12)8(11)6-2-4-7(10)5-3-6;9-6-3-1-5(2-4-6)7(10)8(11)12/h2-5,8H,11H2,1H3;1-4,7H,10H2,(H2,11,12)/i8D;. The number of hydrogen-bond acceptors (Lipinski definition) is 5. The second-order valence-corrected chi connectivity index (χ2v) is 5.72. The summed E-state index contributed by atoms with van der Waals surface area (Å²) in [6.45, 7) is 0. The highest BCUT2D eigenvalue weighted by molar-refractivity contribution is 6.30. The molecule has 0 aromatic heterocycles. The van der Waals surface area contributed by atoms with E-state index in [1.165, 1.54) is 19.2 Å². The molecule has 0 aliphatic heterocycles. The van der Waals surface area contributed by atoms with Gasteiger partial charge in [-0.2, -0.15) is 0 Å². The minimum atomic E-state index is -1.88. The molecule has 134 valence electrons. The fraction of sp³-hybridized carbons (Fsp3) is 0.176. The van der Waals surface area contributed by atoms with Crippen molar-refractivity contribution in [3.63, 3.8) is 0 Å². The maximum absolute atomic E-state index is 11.2. The van der Waals surface area contributed by atoms with Crippen molar-refractivity contribution in [2.75, 3.05) is 7.11 Å². The van der Waals surface area contributed by atoms with Crippen LogP contribution in [0.4, 0.5) is 0 Å². The molecule has 0 saturated carbocycles. The number of hydrogen-bond donors (Lipinski definition) is 3. The molecule has 0 saturated heterocycles. The fourth-order valence-corrected chi connectivity index (χ4v) is 1.94. The Morgan fingerprint density at radius 2 is 1.36 bits per heavy atom. The predicted octanol–water partition coefficient (Wildman–Crippen LogP) is 2.34. The molecule has 0 aliphatic carbocycles. The molecule has 0 fully saturated rings. The largest absolute Gasteiger partial charge is 0.468 e. The quantitative estimate of drug-likeness (QED) is 0.698. The molecule has 8 heteroatoms. The molecule has 2 aromatic rings. The van der Waals surface area contributed by atoms with Gasteiger partial charge in [0.25, 0.3) is 0 Å². The Bertz CT molecular complexity index is 753. The molecule has 0 bridgehead atoms. The van der Waals surface area contributed by atoms with E-state index in [1.54, 1.807) is 36.4 Å². The zero-order chi connectivity index (χ0) is 19.9. The highest BCUT2D eigenvalue weighted by Crippen LogP contribution is 2.15. The lowest BCUT2D eigenvalue weighted by Gasteiger charge is -2.08. The van der Waals surface area contributed by atoms with E-state index in [4.69, 9.17) is 41.8 Å². The third-order valence-corrected chi connectivity index (χ3v) is 3.60. The maximum Gasteiger partial charge on any atom is 0.327 e. The summed E-state index contributed by atoms with van der Waals surface area (Å²) in [4.78, 5) is 21.8.